The third-order valence-corrected chi connectivity index (χ3v) is 2.63. The predicted molar refractivity (Wildman–Crippen MR) is 78.2 cm³/mol. The number of rotatable bonds is 6. The Balaban J connectivity index is 3.04. The predicted octanol–water partition coefficient (Wildman–Crippen LogP) is 3.04. The van der Waals surface area contributed by atoms with Gasteiger partial charge >= 0.3 is 11.9 Å². The Morgan fingerprint density at radius 2 is 1.86 bits per heavy atom. The zero-order chi connectivity index (χ0) is 15.8. The molecule has 0 fully saturated rings. The van der Waals surface area contributed by atoms with E-state index >= 15 is 0 Å². The second-order valence-corrected chi connectivity index (χ2v) is 4.42. The molecule has 0 radical (unpaired) electrons. The Morgan fingerprint density at radius 3 is 2.48 bits per heavy atom. The van der Waals surface area contributed by atoms with E-state index in [2.05, 4.69) is 0 Å². The smallest absolute Gasteiger partial charge is 0.374 e. The molecule has 0 aliphatic carbocycles. The zero-order valence-corrected chi connectivity index (χ0v) is 12.9. The Hall–Kier alpha value is -2.01. The summed E-state index contributed by atoms with van der Waals surface area (Å²) < 4.78 is 15.0. The van der Waals surface area contributed by atoms with E-state index < -0.39 is 11.9 Å². The minimum atomic E-state index is -0.761. The van der Waals surface area contributed by atoms with Gasteiger partial charge in [0.15, 0.2) is 0 Å². The number of halogens is 1. The molecular formula is C15H17ClO5. The summed E-state index contributed by atoms with van der Waals surface area (Å²) >= 11 is 6.00. The first-order chi connectivity index (χ1) is 9.97. The van der Waals surface area contributed by atoms with Crippen molar-refractivity contribution in [1.29, 1.82) is 0 Å². The molecule has 1 rings (SSSR count). The Kier molecular flexibility index (Phi) is 6.75. The van der Waals surface area contributed by atoms with E-state index in [1.807, 2.05) is 6.92 Å². The second kappa shape index (κ2) is 8.32. The van der Waals surface area contributed by atoms with Crippen molar-refractivity contribution in [2.45, 2.75) is 20.8 Å². The van der Waals surface area contributed by atoms with Gasteiger partial charge in [0.25, 0.3) is 0 Å². The summed E-state index contributed by atoms with van der Waals surface area (Å²) in [5.74, 6) is -1.46. The van der Waals surface area contributed by atoms with E-state index in [1.165, 1.54) is 0 Å². The number of carbonyl (C=O) groups excluding carboxylic acids is 2. The molecule has 0 heterocycles. The van der Waals surface area contributed by atoms with Gasteiger partial charge in [-0.05, 0) is 38.5 Å². The van der Waals surface area contributed by atoms with Crippen molar-refractivity contribution in [2.24, 2.45) is 0 Å². The molecule has 0 aliphatic rings. The normalized spacial score (nSPS) is 11.0. The molecule has 1 aromatic carbocycles. The first kappa shape index (κ1) is 17.0. The Bertz CT molecular complexity index is 551. The molecule has 1 aromatic rings. The van der Waals surface area contributed by atoms with Crippen molar-refractivity contribution in [2.75, 3.05) is 13.2 Å². The fourth-order valence-corrected chi connectivity index (χ4v) is 1.59. The Labute approximate surface area is 128 Å². The molecule has 0 aliphatic heterocycles. The van der Waals surface area contributed by atoms with Crippen LogP contribution in [0.2, 0.25) is 5.02 Å². The van der Waals surface area contributed by atoms with Gasteiger partial charge in [-0.15, -0.1) is 0 Å². The van der Waals surface area contributed by atoms with Crippen molar-refractivity contribution in [1.82, 2.24) is 0 Å². The maximum absolute atomic E-state index is 11.8. The molecule has 5 nitrogen and oxygen atoms in total. The van der Waals surface area contributed by atoms with Crippen LogP contribution in [-0.2, 0) is 19.1 Å². The molecule has 0 saturated heterocycles. The van der Waals surface area contributed by atoms with Crippen LogP contribution in [-0.4, -0.2) is 25.2 Å². The molecule has 0 amide bonds. The van der Waals surface area contributed by atoms with Crippen LogP contribution in [0.25, 0.3) is 0 Å². The average Bonchev–Trinajstić information content (AvgIpc) is 2.42. The molecule has 0 aromatic heterocycles. The lowest BCUT2D eigenvalue weighted by molar-refractivity contribution is -0.143. The van der Waals surface area contributed by atoms with Gasteiger partial charge in [-0.1, -0.05) is 17.7 Å². The minimum Gasteiger partial charge on any atom is -0.463 e. The van der Waals surface area contributed by atoms with Crippen LogP contribution in [0.4, 0.5) is 0 Å². The minimum absolute atomic E-state index is 0.157. The van der Waals surface area contributed by atoms with Crippen LogP contribution < -0.4 is 4.74 Å². The lowest BCUT2D eigenvalue weighted by Crippen LogP contribution is -2.15. The lowest BCUT2D eigenvalue weighted by Gasteiger charge is -2.11. The van der Waals surface area contributed by atoms with Gasteiger partial charge in [0.05, 0.1) is 24.3 Å². The molecular weight excluding hydrogens is 296 g/mol. The summed E-state index contributed by atoms with van der Waals surface area (Å²) in [6, 6.07) is 5.09. The molecule has 0 spiro atoms. The summed E-state index contributed by atoms with van der Waals surface area (Å²) in [4.78, 5) is 23.3. The first-order valence-corrected chi connectivity index (χ1v) is 6.85. The van der Waals surface area contributed by atoms with Crippen LogP contribution in [0.15, 0.2) is 30.0 Å². The van der Waals surface area contributed by atoms with Crippen molar-refractivity contribution in [3.8, 4) is 5.75 Å². The average molecular weight is 313 g/mol. The maximum atomic E-state index is 11.8. The zero-order valence-electron chi connectivity index (χ0n) is 12.1. The van der Waals surface area contributed by atoms with Gasteiger partial charge < -0.3 is 14.2 Å². The van der Waals surface area contributed by atoms with Gasteiger partial charge in [-0.25, -0.2) is 9.59 Å². The number of carbonyl (C=O) groups is 2. The number of hydrogen-bond donors (Lipinski definition) is 0. The largest absolute Gasteiger partial charge is 0.463 e. The molecule has 0 N–H and O–H groups in total. The van der Waals surface area contributed by atoms with Gasteiger partial charge in [-0.3, -0.25) is 0 Å². The van der Waals surface area contributed by atoms with Crippen molar-refractivity contribution in [3.63, 3.8) is 0 Å². The standard InChI is InChI=1S/C15H17ClO5/c1-4-19-14(17)9-13(15(18)20-5-2)21-12-8-10(3)6-7-11(12)16/h6-9H,4-5H2,1-3H3. The quantitative estimate of drug-likeness (QED) is 0.459. The monoisotopic (exact) mass is 312 g/mol. The van der Waals surface area contributed by atoms with Crippen LogP contribution >= 0.6 is 11.6 Å². The van der Waals surface area contributed by atoms with E-state index in [1.54, 1.807) is 32.0 Å². The fourth-order valence-electron chi connectivity index (χ4n) is 1.43. The number of benzene rings is 1. The summed E-state index contributed by atoms with van der Waals surface area (Å²) in [6.07, 6.45) is 0.945. The summed E-state index contributed by atoms with van der Waals surface area (Å²) in [7, 11) is 0. The number of ether oxygens (including phenoxy) is 3. The number of esters is 2. The highest BCUT2D eigenvalue weighted by Gasteiger charge is 2.17. The van der Waals surface area contributed by atoms with Crippen LogP contribution in [0.1, 0.15) is 19.4 Å². The molecule has 0 unspecified atom stereocenters. The summed E-state index contributed by atoms with van der Waals surface area (Å²) in [5.41, 5.74) is 0.897. The third kappa shape index (κ3) is 5.47. The molecule has 21 heavy (non-hydrogen) atoms. The van der Waals surface area contributed by atoms with E-state index in [0.29, 0.717) is 5.02 Å². The Morgan fingerprint density at radius 1 is 1.19 bits per heavy atom. The summed E-state index contributed by atoms with van der Waals surface area (Å²) in [5, 5.41) is 0.319. The van der Waals surface area contributed by atoms with E-state index in [0.717, 1.165) is 11.6 Å². The van der Waals surface area contributed by atoms with Crippen molar-refractivity contribution < 1.29 is 23.8 Å². The number of hydrogen-bond acceptors (Lipinski definition) is 5. The molecule has 6 heteroatoms. The fraction of sp³-hybridized carbons (Fsp3) is 0.333. The van der Waals surface area contributed by atoms with E-state index in [4.69, 9.17) is 25.8 Å². The molecule has 114 valence electrons. The van der Waals surface area contributed by atoms with Crippen molar-refractivity contribution >= 4 is 23.5 Å². The maximum Gasteiger partial charge on any atom is 0.374 e. The highest BCUT2D eigenvalue weighted by atomic mass is 35.5. The summed E-state index contributed by atoms with van der Waals surface area (Å²) in [6.45, 7) is 5.51. The van der Waals surface area contributed by atoms with Gasteiger partial charge in [-0.2, -0.15) is 0 Å². The second-order valence-electron chi connectivity index (χ2n) is 4.02. The molecule has 0 bridgehead atoms. The van der Waals surface area contributed by atoms with Gasteiger partial charge in [0, 0.05) is 0 Å². The number of aryl methyl sites for hydroxylation is 1. The SMILES string of the molecule is CCOC(=O)C=C(Oc1cc(C)ccc1Cl)C(=O)OCC. The van der Waals surface area contributed by atoms with E-state index in [-0.39, 0.29) is 24.7 Å². The van der Waals surface area contributed by atoms with Gasteiger partial charge in [0.1, 0.15) is 5.75 Å². The van der Waals surface area contributed by atoms with Gasteiger partial charge in [0.2, 0.25) is 5.76 Å². The first-order valence-electron chi connectivity index (χ1n) is 6.47. The van der Waals surface area contributed by atoms with Crippen LogP contribution in [0.5, 0.6) is 5.75 Å². The van der Waals surface area contributed by atoms with E-state index in [9.17, 15) is 9.59 Å². The molecule has 0 atom stereocenters. The highest BCUT2D eigenvalue weighted by molar-refractivity contribution is 6.32. The molecule has 0 saturated carbocycles. The third-order valence-electron chi connectivity index (χ3n) is 2.32. The lowest BCUT2D eigenvalue weighted by atomic mass is 10.2. The highest BCUT2D eigenvalue weighted by Crippen LogP contribution is 2.27. The van der Waals surface area contributed by atoms with Crippen LogP contribution in [0, 0.1) is 6.92 Å². The van der Waals surface area contributed by atoms with Crippen LogP contribution in [0.3, 0.4) is 0 Å². The topological polar surface area (TPSA) is 61.8 Å². The van der Waals surface area contributed by atoms with Crippen molar-refractivity contribution in [3.05, 3.63) is 40.6 Å².